The summed E-state index contributed by atoms with van der Waals surface area (Å²) in [7, 11) is 3.04. The van der Waals surface area contributed by atoms with Crippen molar-refractivity contribution in [2.24, 2.45) is 0 Å². The molecule has 4 amide bonds. The van der Waals surface area contributed by atoms with Gasteiger partial charge in [0.2, 0.25) is 11.8 Å². The molecule has 0 aliphatic rings. The molecule has 46 heavy (non-hydrogen) atoms. The Balaban J connectivity index is 1.45. The summed E-state index contributed by atoms with van der Waals surface area (Å²) in [5.41, 5.74) is 2.65. The van der Waals surface area contributed by atoms with Gasteiger partial charge in [-0.3, -0.25) is 19.2 Å². The fraction of sp³-hybridized carbons (Fsp3) is 0.143. The molecule has 4 aromatic rings. The highest BCUT2D eigenvalue weighted by Gasteiger charge is 2.18. The number of carbonyl (C=O) groups excluding carboxylic acids is 4. The molecule has 0 heterocycles. The quantitative estimate of drug-likeness (QED) is 0.107. The van der Waals surface area contributed by atoms with E-state index in [1.165, 1.54) is 39.0 Å². The molecule has 0 spiro atoms. The number of nitrogens with one attached hydrogen (secondary N) is 4. The van der Waals surface area contributed by atoms with Gasteiger partial charge in [0.25, 0.3) is 11.8 Å². The summed E-state index contributed by atoms with van der Waals surface area (Å²) in [6.07, 6.45) is 1.52. The van der Waals surface area contributed by atoms with E-state index in [0.717, 1.165) is 4.90 Å². The zero-order chi connectivity index (χ0) is 33.1. The van der Waals surface area contributed by atoms with Gasteiger partial charge < -0.3 is 30.7 Å². The van der Waals surface area contributed by atoms with E-state index in [0.29, 0.717) is 39.7 Å². The normalized spacial score (nSPS) is 11.5. The highest BCUT2D eigenvalue weighted by molar-refractivity contribution is 8.00. The topological polar surface area (TPSA) is 135 Å². The molecule has 1 atom stereocenters. The lowest BCUT2D eigenvalue weighted by molar-refractivity contribution is -0.115. The van der Waals surface area contributed by atoms with E-state index in [1.54, 1.807) is 104 Å². The zero-order valence-corrected chi connectivity index (χ0v) is 26.6. The third-order valence-corrected chi connectivity index (χ3v) is 7.64. The third-order valence-electron chi connectivity index (χ3n) is 6.53. The number of ether oxygens (including phenoxy) is 2. The Morgan fingerprint density at radius 2 is 1.35 bits per heavy atom. The van der Waals surface area contributed by atoms with Gasteiger partial charge in [-0.25, -0.2) is 0 Å². The van der Waals surface area contributed by atoms with Gasteiger partial charge >= 0.3 is 0 Å². The molecular formula is C35H34N4O6S. The summed E-state index contributed by atoms with van der Waals surface area (Å²) in [6.45, 7) is 3.22. The van der Waals surface area contributed by atoms with Crippen molar-refractivity contribution in [2.75, 3.05) is 30.2 Å². The summed E-state index contributed by atoms with van der Waals surface area (Å²) < 4.78 is 10.8. The lowest BCUT2D eigenvalue weighted by Gasteiger charge is -2.14. The average Bonchev–Trinajstić information content (AvgIpc) is 3.06. The van der Waals surface area contributed by atoms with Crippen molar-refractivity contribution < 1.29 is 28.7 Å². The Morgan fingerprint density at radius 1 is 0.739 bits per heavy atom. The fourth-order valence-electron chi connectivity index (χ4n) is 4.21. The van der Waals surface area contributed by atoms with Crippen LogP contribution in [0.4, 0.5) is 17.1 Å². The molecule has 236 valence electrons. The first kappa shape index (κ1) is 33.3. The number of methoxy groups -OCH3 is 2. The van der Waals surface area contributed by atoms with E-state index in [2.05, 4.69) is 21.3 Å². The first-order chi connectivity index (χ1) is 22.1. The molecule has 0 saturated carbocycles. The van der Waals surface area contributed by atoms with Gasteiger partial charge in [0, 0.05) is 40.0 Å². The smallest absolute Gasteiger partial charge is 0.272 e. The number of amides is 4. The molecule has 0 aliphatic carbocycles. The van der Waals surface area contributed by atoms with Crippen LogP contribution < -0.4 is 30.7 Å². The van der Waals surface area contributed by atoms with Gasteiger partial charge in [-0.1, -0.05) is 18.2 Å². The molecule has 0 fully saturated rings. The molecule has 0 saturated heterocycles. The monoisotopic (exact) mass is 638 g/mol. The van der Waals surface area contributed by atoms with Crippen molar-refractivity contribution in [1.29, 1.82) is 0 Å². The van der Waals surface area contributed by atoms with Gasteiger partial charge in [-0.15, -0.1) is 11.8 Å². The SMILES string of the molecule is COc1ccc(OC)c(/C=C(\NC(=O)c2ccccc2)C(=O)Nc2ccc(SC(C)C(=O)Nc3ccc(NC(C)=O)cc3)cc2)c1. The van der Waals surface area contributed by atoms with Gasteiger partial charge in [0.1, 0.15) is 17.2 Å². The molecular weight excluding hydrogens is 604 g/mol. The lowest BCUT2D eigenvalue weighted by Crippen LogP contribution is -2.30. The summed E-state index contributed by atoms with van der Waals surface area (Å²) in [4.78, 5) is 51.3. The maximum absolute atomic E-state index is 13.5. The predicted octanol–water partition coefficient (Wildman–Crippen LogP) is 6.19. The first-order valence-corrected chi connectivity index (χ1v) is 15.1. The van der Waals surface area contributed by atoms with Crippen molar-refractivity contribution in [3.05, 3.63) is 114 Å². The average molecular weight is 639 g/mol. The van der Waals surface area contributed by atoms with Crippen LogP contribution in [0.3, 0.4) is 0 Å². The van der Waals surface area contributed by atoms with Gasteiger partial charge in [0.05, 0.1) is 19.5 Å². The minimum absolute atomic E-state index is 0.00532. The van der Waals surface area contributed by atoms with Crippen molar-refractivity contribution in [3.63, 3.8) is 0 Å². The van der Waals surface area contributed by atoms with Crippen LogP contribution in [0.15, 0.2) is 108 Å². The van der Waals surface area contributed by atoms with Crippen LogP contribution in [0.1, 0.15) is 29.8 Å². The Hall–Kier alpha value is -5.55. The second-order valence-corrected chi connectivity index (χ2v) is 11.4. The number of anilines is 3. The van der Waals surface area contributed by atoms with E-state index in [1.807, 2.05) is 0 Å². The van der Waals surface area contributed by atoms with E-state index < -0.39 is 17.1 Å². The summed E-state index contributed by atoms with van der Waals surface area (Å²) >= 11 is 1.36. The Kier molecular flexibility index (Phi) is 11.6. The molecule has 10 nitrogen and oxygen atoms in total. The molecule has 0 bridgehead atoms. The Bertz CT molecular complexity index is 1720. The van der Waals surface area contributed by atoms with E-state index in [4.69, 9.17) is 9.47 Å². The first-order valence-electron chi connectivity index (χ1n) is 14.2. The summed E-state index contributed by atoms with van der Waals surface area (Å²) in [5, 5.41) is 10.7. The third kappa shape index (κ3) is 9.47. The zero-order valence-electron chi connectivity index (χ0n) is 25.8. The number of thioether (sulfide) groups is 1. The number of hydrogen-bond acceptors (Lipinski definition) is 7. The maximum Gasteiger partial charge on any atom is 0.272 e. The van der Waals surface area contributed by atoms with Crippen LogP contribution in [0.5, 0.6) is 11.5 Å². The Labute approximate surface area is 271 Å². The van der Waals surface area contributed by atoms with Crippen molar-refractivity contribution in [2.45, 2.75) is 24.0 Å². The largest absolute Gasteiger partial charge is 0.497 e. The van der Waals surface area contributed by atoms with Crippen molar-refractivity contribution in [3.8, 4) is 11.5 Å². The summed E-state index contributed by atoms with van der Waals surface area (Å²) in [5.74, 6) is -0.323. The van der Waals surface area contributed by atoms with E-state index in [-0.39, 0.29) is 17.5 Å². The van der Waals surface area contributed by atoms with Gasteiger partial charge in [-0.2, -0.15) is 0 Å². The van der Waals surface area contributed by atoms with E-state index >= 15 is 0 Å². The van der Waals surface area contributed by atoms with Crippen LogP contribution in [-0.2, 0) is 14.4 Å². The van der Waals surface area contributed by atoms with Crippen LogP contribution in [0.2, 0.25) is 0 Å². The minimum Gasteiger partial charge on any atom is -0.497 e. The Morgan fingerprint density at radius 3 is 1.96 bits per heavy atom. The van der Waals surface area contributed by atoms with Crippen LogP contribution in [-0.4, -0.2) is 43.1 Å². The number of hydrogen-bond donors (Lipinski definition) is 4. The number of carbonyl (C=O) groups is 4. The predicted molar refractivity (Wildman–Crippen MR) is 181 cm³/mol. The molecule has 4 aromatic carbocycles. The van der Waals surface area contributed by atoms with Gasteiger partial charge in [0.15, 0.2) is 0 Å². The summed E-state index contributed by atoms with van der Waals surface area (Å²) in [6, 6.07) is 27.6. The molecule has 0 radical (unpaired) electrons. The fourth-order valence-corrected chi connectivity index (χ4v) is 5.07. The minimum atomic E-state index is -0.549. The molecule has 0 aromatic heterocycles. The number of rotatable bonds is 12. The lowest BCUT2D eigenvalue weighted by atomic mass is 10.1. The van der Waals surface area contributed by atoms with Crippen molar-refractivity contribution in [1.82, 2.24) is 5.32 Å². The molecule has 0 aliphatic heterocycles. The van der Waals surface area contributed by atoms with Crippen molar-refractivity contribution >= 4 is 58.5 Å². The standard InChI is InChI=1S/C35H34N4O6S/c1-22(33(41)37-27-12-10-26(11-13-27)36-23(2)40)46-30-17-14-28(15-18-30)38-35(43)31(39-34(42)24-8-6-5-7-9-24)21-25-20-29(44-3)16-19-32(25)45-4/h5-22H,1-4H3,(H,36,40)(H,37,41)(H,38,43)(H,39,42)/b31-21-. The number of benzene rings is 4. The maximum atomic E-state index is 13.5. The molecule has 11 heteroatoms. The van der Waals surface area contributed by atoms with Crippen LogP contribution >= 0.6 is 11.8 Å². The highest BCUT2D eigenvalue weighted by atomic mass is 32.2. The van der Waals surface area contributed by atoms with Crippen LogP contribution in [0, 0.1) is 0 Å². The molecule has 4 rings (SSSR count). The highest BCUT2D eigenvalue weighted by Crippen LogP contribution is 2.28. The van der Waals surface area contributed by atoms with Crippen LogP contribution in [0.25, 0.3) is 6.08 Å². The molecule has 1 unspecified atom stereocenters. The molecule has 4 N–H and O–H groups in total. The van der Waals surface area contributed by atoms with Gasteiger partial charge in [-0.05, 0) is 91.9 Å². The second kappa shape index (κ2) is 16.0. The second-order valence-electron chi connectivity index (χ2n) is 9.97. The van der Waals surface area contributed by atoms with E-state index in [9.17, 15) is 19.2 Å².